The molecule has 2 aromatic rings. The van der Waals surface area contributed by atoms with Crippen molar-refractivity contribution in [3.8, 4) is 11.4 Å². The molecule has 148 valence electrons. The molecular weight excluding hydrogens is 359 g/mol. The molecule has 0 spiro atoms. The van der Waals surface area contributed by atoms with Crippen LogP contribution < -0.4 is 5.32 Å². The molecule has 1 amide bonds. The van der Waals surface area contributed by atoms with Crippen molar-refractivity contribution in [1.29, 1.82) is 0 Å². The van der Waals surface area contributed by atoms with Gasteiger partial charge in [0, 0.05) is 12.0 Å². The maximum atomic E-state index is 12.7. The molecule has 1 heterocycles. The van der Waals surface area contributed by atoms with Crippen LogP contribution in [0.3, 0.4) is 0 Å². The van der Waals surface area contributed by atoms with E-state index in [1.807, 2.05) is 27.7 Å². The molecule has 0 fully saturated rings. The molecule has 0 saturated heterocycles. The molecule has 27 heavy (non-hydrogen) atoms. The monoisotopic (exact) mass is 383 g/mol. The summed E-state index contributed by atoms with van der Waals surface area (Å²) in [4.78, 5) is 16.5. The molecule has 0 aliphatic heterocycles. The van der Waals surface area contributed by atoms with Crippen molar-refractivity contribution in [3.63, 3.8) is 0 Å². The van der Waals surface area contributed by atoms with Gasteiger partial charge >= 0.3 is 6.18 Å². The van der Waals surface area contributed by atoms with Gasteiger partial charge in [0.1, 0.15) is 6.04 Å². The van der Waals surface area contributed by atoms with E-state index in [9.17, 15) is 18.0 Å². The first kappa shape index (κ1) is 20.9. The van der Waals surface area contributed by atoms with Gasteiger partial charge in [0.15, 0.2) is 0 Å². The molecule has 1 aromatic carbocycles. The Hall–Kier alpha value is -2.38. The summed E-state index contributed by atoms with van der Waals surface area (Å²) in [6, 6.07) is 4.10. The van der Waals surface area contributed by atoms with Gasteiger partial charge in [-0.05, 0) is 24.0 Å². The summed E-state index contributed by atoms with van der Waals surface area (Å²) in [7, 11) is 0. The third-order valence-corrected chi connectivity index (χ3v) is 4.30. The van der Waals surface area contributed by atoms with Crippen molar-refractivity contribution in [3.05, 3.63) is 35.7 Å². The highest BCUT2D eigenvalue weighted by molar-refractivity contribution is 5.76. The molecule has 2 atom stereocenters. The highest BCUT2D eigenvalue weighted by Gasteiger charge is 2.30. The van der Waals surface area contributed by atoms with E-state index in [1.165, 1.54) is 12.1 Å². The molecule has 0 radical (unpaired) electrons. The molecule has 0 aliphatic rings. The molecule has 1 N–H and O–H groups in total. The lowest BCUT2D eigenvalue weighted by Crippen LogP contribution is -2.33. The minimum Gasteiger partial charge on any atom is -0.344 e. The Bertz CT molecular complexity index is 754. The smallest absolute Gasteiger partial charge is 0.344 e. The number of carbonyl (C=O) groups excluding carboxylic acids is 1. The first-order valence-electron chi connectivity index (χ1n) is 8.92. The highest BCUT2D eigenvalue weighted by Crippen LogP contribution is 2.31. The highest BCUT2D eigenvalue weighted by atomic mass is 19.4. The molecule has 0 unspecified atom stereocenters. The van der Waals surface area contributed by atoms with Crippen molar-refractivity contribution in [2.75, 3.05) is 0 Å². The predicted molar refractivity (Wildman–Crippen MR) is 94.5 cm³/mol. The van der Waals surface area contributed by atoms with Gasteiger partial charge in [0.05, 0.1) is 5.56 Å². The quantitative estimate of drug-likeness (QED) is 0.730. The number of nitrogens with zero attached hydrogens (tertiary/aromatic N) is 2. The molecule has 0 aliphatic carbocycles. The lowest BCUT2D eigenvalue weighted by atomic mass is 9.98. The summed E-state index contributed by atoms with van der Waals surface area (Å²) in [6.07, 6.45) is -3.24. The van der Waals surface area contributed by atoms with Crippen LogP contribution in [0.1, 0.15) is 58.0 Å². The number of aromatic nitrogens is 2. The van der Waals surface area contributed by atoms with Gasteiger partial charge in [-0.3, -0.25) is 4.79 Å². The zero-order chi connectivity index (χ0) is 20.2. The van der Waals surface area contributed by atoms with E-state index < -0.39 is 17.8 Å². The fourth-order valence-electron chi connectivity index (χ4n) is 2.57. The SMILES string of the molecule is CC[C@H](C)[C@@H](NC(=O)CC(C)C)c1nc(-c2ccc(C(F)(F)F)cc2)no1. The summed E-state index contributed by atoms with van der Waals surface area (Å²) >= 11 is 0. The molecule has 5 nitrogen and oxygen atoms in total. The van der Waals surface area contributed by atoms with Gasteiger partial charge in [0.2, 0.25) is 17.6 Å². The minimum atomic E-state index is -4.40. The van der Waals surface area contributed by atoms with Crippen LogP contribution in [0.15, 0.2) is 28.8 Å². The summed E-state index contributed by atoms with van der Waals surface area (Å²) in [5.74, 6) is 0.598. The van der Waals surface area contributed by atoms with Crippen LogP contribution in [0.25, 0.3) is 11.4 Å². The normalized spacial score (nSPS) is 14.2. The van der Waals surface area contributed by atoms with E-state index in [0.717, 1.165) is 18.6 Å². The van der Waals surface area contributed by atoms with Gasteiger partial charge in [-0.1, -0.05) is 51.4 Å². The molecule has 8 heteroatoms. The second-order valence-corrected chi connectivity index (χ2v) is 7.06. The van der Waals surface area contributed by atoms with E-state index in [2.05, 4.69) is 15.5 Å². The number of rotatable bonds is 7. The van der Waals surface area contributed by atoms with E-state index in [4.69, 9.17) is 4.52 Å². The van der Waals surface area contributed by atoms with Crippen LogP contribution in [0, 0.1) is 11.8 Å². The van der Waals surface area contributed by atoms with Crippen LogP contribution in [0.5, 0.6) is 0 Å². The maximum Gasteiger partial charge on any atom is 0.416 e. The second kappa shape index (κ2) is 8.54. The van der Waals surface area contributed by atoms with Crippen molar-refractivity contribution in [2.24, 2.45) is 11.8 Å². The summed E-state index contributed by atoms with van der Waals surface area (Å²) in [5, 5.41) is 6.79. The third kappa shape index (κ3) is 5.55. The lowest BCUT2D eigenvalue weighted by Gasteiger charge is -2.21. The third-order valence-electron chi connectivity index (χ3n) is 4.30. The Kier molecular flexibility index (Phi) is 6.62. The van der Waals surface area contributed by atoms with E-state index in [1.54, 1.807) is 0 Å². The summed E-state index contributed by atoms with van der Waals surface area (Å²) < 4.78 is 43.4. The average Bonchev–Trinajstić information content (AvgIpc) is 3.07. The van der Waals surface area contributed by atoms with Gasteiger partial charge in [-0.25, -0.2) is 0 Å². The Labute approximate surface area is 156 Å². The van der Waals surface area contributed by atoms with Crippen LogP contribution in [-0.4, -0.2) is 16.0 Å². The molecular formula is C19H24F3N3O2. The van der Waals surface area contributed by atoms with Crippen molar-refractivity contribution < 1.29 is 22.5 Å². The van der Waals surface area contributed by atoms with E-state index in [0.29, 0.717) is 12.0 Å². The molecule has 2 rings (SSSR count). The first-order valence-corrected chi connectivity index (χ1v) is 8.92. The van der Waals surface area contributed by atoms with Crippen molar-refractivity contribution >= 4 is 5.91 Å². The van der Waals surface area contributed by atoms with Gasteiger partial charge in [-0.2, -0.15) is 18.2 Å². The van der Waals surface area contributed by atoms with Gasteiger partial charge < -0.3 is 9.84 Å². The van der Waals surface area contributed by atoms with Crippen LogP contribution >= 0.6 is 0 Å². The Balaban J connectivity index is 2.22. The molecule has 0 saturated carbocycles. The van der Waals surface area contributed by atoms with Crippen LogP contribution in [0.4, 0.5) is 13.2 Å². The van der Waals surface area contributed by atoms with E-state index in [-0.39, 0.29) is 29.5 Å². The first-order chi connectivity index (χ1) is 12.6. The standard InChI is InChI=1S/C19H24F3N3O2/c1-5-12(4)16(23-15(26)10-11(2)3)18-24-17(25-27-18)13-6-8-14(9-7-13)19(20,21)22/h6-9,11-12,16H,5,10H2,1-4H3,(H,23,26)/t12-,16+/m0/s1. The Morgan fingerprint density at radius 3 is 2.33 bits per heavy atom. The summed E-state index contributed by atoms with van der Waals surface area (Å²) in [6.45, 7) is 7.85. The van der Waals surface area contributed by atoms with Crippen molar-refractivity contribution in [1.82, 2.24) is 15.5 Å². The number of amides is 1. The molecule has 0 bridgehead atoms. The number of alkyl halides is 3. The number of benzene rings is 1. The zero-order valence-corrected chi connectivity index (χ0v) is 15.8. The fraction of sp³-hybridized carbons (Fsp3) is 0.526. The molecule has 1 aromatic heterocycles. The van der Waals surface area contributed by atoms with Gasteiger partial charge in [0.25, 0.3) is 0 Å². The van der Waals surface area contributed by atoms with E-state index >= 15 is 0 Å². The number of carbonyl (C=O) groups is 1. The number of nitrogens with one attached hydrogen (secondary N) is 1. The van der Waals surface area contributed by atoms with Crippen molar-refractivity contribution in [2.45, 2.75) is 52.8 Å². The van der Waals surface area contributed by atoms with Crippen LogP contribution in [-0.2, 0) is 11.0 Å². The summed E-state index contributed by atoms with van der Waals surface area (Å²) in [5.41, 5.74) is -0.331. The topological polar surface area (TPSA) is 68.0 Å². The minimum absolute atomic E-state index is 0.0574. The van der Waals surface area contributed by atoms with Crippen LogP contribution in [0.2, 0.25) is 0 Å². The lowest BCUT2D eigenvalue weighted by molar-refractivity contribution is -0.137. The second-order valence-electron chi connectivity index (χ2n) is 7.06. The fourth-order valence-corrected chi connectivity index (χ4v) is 2.57. The van der Waals surface area contributed by atoms with Gasteiger partial charge in [-0.15, -0.1) is 0 Å². The Morgan fingerprint density at radius 1 is 1.19 bits per heavy atom. The Morgan fingerprint density at radius 2 is 1.81 bits per heavy atom. The number of halogens is 3. The predicted octanol–water partition coefficient (Wildman–Crippen LogP) is 5.00. The number of hydrogen-bond acceptors (Lipinski definition) is 4. The largest absolute Gasteiger partial charge is 0.416 e. The zero-order valence-electron chi connectivity index (χ0n) is 15.8. The average molecular weight is 383 g/mol. The maximum absolute atomic E-state index is 12.7. The number of hydrogen-bond donors (Lipinski definition) is 1.